The third-order valence-electron chi connectivity index (χ3n) is 7.10. The number of amides is 2. The summed E-state index contributed by atoms with van der Waals surface area (Å²) in [5.41, 5.74) is 2.09. The monoisotopic (exact) mass is 384 g/mol. The number of rotatable bonds is 7. The molecule has 5 heteroatoms. The average molecular weight is 385 g/mol. The van der Waals surface area contributed by atoms with Crippen molar-refractivity contribution in [3.8, 4) is 0 Å². The largest absolute Gasteiger partial charge is 0.387 e. The first-order chi connectivity index (χ1) is 13.4. The van der Waals surface area contributed by atoms with Crippen molar-refractivity contribution in [2.24, 2.45) is 23.2 Å². The Morgan fingerprint density at radius 3 is 2.14 bits per heavy atom. The Morgan fingerprint density at radius 1 is 1.00 bits per heavy atom. The van der Waals surface area contributed by atoms with Gasteiger partial charge in [0.1, 0.15) is 0 Å². The van der Waals surface area contributed by atoms with Gasteiger partial charge in [-0.05, 0) is 74.2 Å². The van der Waals surface area contributed by atoms with E-state index >= 15 is 0 Å². The van der Waals surface area contributed by atoms with E-state index in [2.05, 4.69) is 10.6 Å². The first-order valence-electron chi connectivity index (χ1n) is 10.7. The lowest BCUT2D eigenvalue weighted by molar-refractivity contribution is -0.132. The molecule has 0 spiro atoms. The topological polar surface area (TPSA) is 78.4 Å². The molecule has 5 nitrogen and oxygen atoms in total. The highest BCUT2D eigenvalue weighted by Crippen LogP contribution is 2.61. The second-order valence-corrected chi connectivity index (χ2v) is 9.60. The van der Waals surface area contributed by atoms with Crippen LogP contribution in [-0.2, 0) is 9.59 Å². The van der Waals surface area contributed by atoms with Crippen molar-refractivity contribution < 1.29 is 14.7 Å². The van der Waals surface area contributed by atoms with E-state index in [1.165, 1.54) is 38.5 Å². The predicted molar refractivity (Wildman–Crippen MR) is 107 cm³/mol. The number of carbonyl (C=O) groups is 2. The SMILES string of the molecule is Cc1ccc([C@H](O)CNC(=O)CNC(=O)CC23CC4CC(CC(C4)C2)C3)cc1. The molecule has 0 radical (unpaired) electrons. The van der Waals surface area contributed by atoms with Crippen molar-refractivity contribution in [2.45, 2.75) is 58.0 Å². The van der Waals surface area contributed by atoms with Crippen LogP contribution in [0, 0.1) is 30.1 Å². The second kappa shape index (κ2) is 7.86. The minimum absolute atomic E-state index is 0.00353. The van der Waals surface area contributed by atoms with Gasteiger partial charge in [0.2, 0.25) is 11.8 Å². The molecular formula is C23H32N2O3. The summed E-state index contributed by atoms with van der Waals surface area (Å²) in [6.45, 7) is 2.11. The van der Waals surface area contributed by atoms with Crippen molar-refractivity contribution in [3.63, 3.8) is 0 Å². The Bertz CT molecular complexity index is 693. The number of carbonyl (C=O) groups excluding carboxylic acids is 2. The van der Waals surface area contributed by atoms with Gasteiger partial charge >= 0.3 is 0 Å². The van der Waals surface area contributed by atoms with Crippen molar-refractivity contribution in [2.75, 3.05) is 13.1 Å². The smallest absolute Gasteiger partial charge is 0.239 e. The lowest BCUT2D eigenvalue weighted by atomic mass is 9.49. The van der Waals surface area contributed by atoms with Crippen LogP contribution in [0.1, 0.15) is 62.2 Å². The van der Waals surface area contributed by atoms with Crippen LogP contribution in [0.25, 0.3) is 0 Å². The summed E-state index contributed by atoms with van der Waals surface area (Å²) in [5, 5.41) is 15.7. The van der Waals surface area contributed by atoms with Gasteiger partial charge in [-0.25, -0.2) is 0 Å². The highest BCUT2D eigenvalue weighted by atomic mass is 16.3. The molecular weight excluding hydrogens is 352 g/mol. The number of aliphatic hydroxyl groups is 1. The van der Waals surface area contributed by atoms with E-state index in [0.717, 1.165) is 28.9 Å². The zero-order valence-electron chi connectivity index (χ0n) is 16.7. The molecule has 152 valence electrons. The molecule has 4 saturated carbocycles. The number of aryl methyl sites for hydroxylation is 1. The Labute approximate surface area is 167 Å². The molecule has 5 rings (SSSR count). The number of hydrogen-bond donors (Lipinski definition) is 3. The molecule has 3 N–H and O–H groups in total. The van der Waals surface area contributed by atoms with Gasteiger partial charge in [0.25, 0.3) is 0 Å². The van der Waals surface area contributed by atoms with Crippen LogP contribution < -0.4 is 10.6 Å². The van der Waals surface area contributed by atoms with Gasteiger partial charge in [0.15, 0.2) is 0 Å². The molecule has 4 fully saturated rings. The maximum absolute atomic E-state index is 12.5. The normalized spacial score (nSPS) is 31.4. The summed E-state index contributed by atoms with van der Waals surface area (Å²) in [6, 6.07) is 7.59. The van der Waals surface area contributed by atoms with Gasteiger partial charge in [-0.15, -0.1) is 0 Å². The molecule has 28 heavy (non-hydrogen) atoms. The Kier molecular flexibility index (Phi) is 5.46. The molecule has 1 atom stereocenters. The van der Waals surface area contributed by atoms with E-state index < -0.39 is 6.10 Å². The van der Waals surface area contributed by atoms with Crippen LogP contribution in [0.5, 0.6) is 0 Å². The third-order valence-corrected chi connectivity index (χ3v) is 7.10. The van der Waals surface area contributed by atoms with Gasteiger partial charge < -0.3 is 15.7 Å². The minimum Gasteiger partial charge on any atom is -0.387 e. The van der Waals surface area contributed by atoms with Gasteiger partial charge in [-0.2, -0.15) is 0 Å². The molecule has 0 aromatic heterocycles. The zero-order chi connectivity index (χ0) is 19.7. The summed E-state index contributed by atoms with van der Waals surface area (Å²) in [6.07, 6.45) is 7.51. The van der Waals surface area contributed by atoms with E-state index in [9.17, 15) is 14.7 Å². The summed E-state index contributed by atoms with van der Waals surface area (Å²) in [4.78, 5) is 24.5. The standard InChI is InChI=1S/C23H32N2O3/c1-15-2-4-19(5-3-15)20(26)13-24-22(28)14-25-21(27)12-23-9-16-6-17(10-23)8-18(7-16)11-23/h2-5,16-18,20,26H,6-14H2,1H3,(H,24,28)(H,25,27)/t16?,17?,18?,20-,23?/m1/s1. The van der Waals surface area contributed by atoms with Crippen molar-refractivity contribution in [3.05, 3.63) is 35.4 Å². The van der Waals surface area contributed by atoms with Crippen LogP contribution in [0.2, 0.25) is 0 Å². The first-order valence-corrected chi connectivity index (χ1v) is 10.7. The quantitative estimate of drug-likeness (QED) is 0.676. The fraction of sp³-hybridized carbons (Fsp3) is 0.652. The highest BCUT2D eigenvalue weighted by molar-refractivity contribution is 5.85. The molecule has 2 amide bonds. The van der Waals surface area contributed by atoms with Crippen LogP contribution in [0.15, 0.2) is 24.3 Å². The molecule has 0 unspecified atom stereocenters. The zero-order valence-corrected chi connectivity index (χ0v) is 16.7. The minimum atomic E-state index is -0.743. The van der Waals surface area contributed by atoms with Crippen molar-refractivity contribution >= 4 is 11.8 Å². The number of hydrogen-bond acceptors (Lipinski definition) is 3. The van der Waals surface area contributed by atoms with Crippen molar-refractivity contribution in [1.29, 1.82) is 0 Å². The molecule has 0 heterocycles. The Balaban J connectivity index is 1.19. The number of benzene rings is 1. The summed E-state index contributed by atoms with van der Waals surface area (Å²) in [5.74, 6) is 2.21. The number of nitrogens with one attached hydrogen (secondary N) is 2. The molecule has 0 saturated heterocycles. The van der Waals surface area contributed by atoms with E-state index in [4.69, 9.17) is 0 Å². The van der Waals surface area contributed by atoms with E-state index in [0.29, 0.717) is 6.42 Å². The molecule has 4 aliphatic rings. The van der Waals surface area contributed by atoms with E-state index in [1.807, 2.05) is 31.2 Å². The van der Waals surface area contributed by atoms with Crippen LogP contribution in [-0.4, -0.2) is 30.0 Å². The maximum atomic E-state index is 12.5. The van der Waals surface area contributed by atoms with E-state index in [-0.39, 0.29) is 30.3 Å². The van der Waals surface area contributed by atoms with Gasteiger partial charge in [-0.3, -0.25) is 9.59 Å². The average Bonchev–Trinajstić information content (AvgIpc) is 2.63. The van der Waals surface area contributed by atoms with Crippen LogP contribution in [0.3, 0.4) is 0 Å². The van der Waals surface area contributed by atoms with Crippen LogP contribution in [0.4, 0.5) is 0 Å². The Hall–Kier alpha value is -1.88. The summed E-state index contributed by atoms with van der Waals surface area (Å²) in [7, 11) is 0. The molecule has 4 aliphatic carbocycles. The first kappa shape index (κ1) is 19.4. The molecule has 4 bridgehead atoms. The third kappa shape index (κ3) is 4.40. The van der Waals surface area contributed by atoms with Gasteiger partial charge in [-0.1, -0.05) is 29.8 Å². The molecule has 1 aromatic carbocycles. The summed E-state index contributed by atoms with van der Waals surface area (Å²) < 4.78 is 0. The summed E-state index contributed by atoms with van der Waals surface area (Å²) >= 11 is 0. The van der Waals surface area contributed by atoms with Gasteiger partial charge in [0.05, 0.1) is 12.6 Å². The lowest BCUT2D eigenvalue weighted by Crippen LogP contribution is -2.48. The Morgan fingerprint density at radius 2 is 1.57 bits per heavy atom. The maximum Gasteiger partial charge on any atom is 0.239 e. The molecule has 0 aliphatic heterocycles. The van der Waals surface area contributed by atoms with E-state index in [1.54, 1.807) is 0 Å². The highest BCUT2D eigenvalue weighted by Gasteiger charge is 2.51. The van der Waals surface area contributed by atoms with Crippen LogP contribution >= 0.6 is 0 Å². The number of aliphatic hydroxyl groups excluding tert-OH is 1. The van der Waals surface area contributed by atoms with Crippen molar-refractivity contribution in [1.82, 2.24) is 10.6 Å². The fourth-order valence-corrected chi connectivity index (χ4v) is 6.27. The molecule has 1 aromatic rings. The second-order valence-electron chi connectivity index (χ2n) is 9.60. The predicted octanol–water partition coefficient (Wildman–Crippen LogP) is 2.87. The lowest BCUT2D eigenvalue weighted by Gasteiger charge is -2.56. The fourth-order valence-electron chi connectivity index (χ4n) is 6.27. The van der Waals surface area contributed by atoms with Gasteiger partial charge in [0, 0.05) is 13.0 Å².